The fourth-order valence-corrected chi connectivity index (χ4v) is 4.43. The van der Waals surface area contributed by atoms with Crippen molar-refractivity contribution in [3.8, 4) is 10.6 Å². The second-order valence-corrected chi connectivity index (χ2v) is 9.67. The third-order valence-electron chi connectivity index (χ3n) is 4.31. The molecule has 0 aliphatic rings. The van der Waals surface area contributed by atoms with Gasteiger partial charge in [-0.2, -0.15) is 0 Å². The van der Waals surface area contributed by atoms with Crippen LogP contribution < -0.4 is 11.5 Å². The Hall–Kier alpha value is -3.03. The lowest BCUT2D eigenvalue weighted by molar-refractivity contribution is -0.115. The Morgan fingerprint density at radius 1 is 1.00 bits per heavy atom. The number of allylic oxidation sites excluding steroid dienone is 5. The van der Waals surface area contributed by atoms with Crippen molar-refractivity contribution in [1.29, 1.82) is 0 Å². The highest BCUT2D eigenvalue weighted by Crippen LogP contribution is 2.25. The molecule has 0 aliphatic heterocycles. The third kappa shape index (κ3) is 14.4. The van der Waals surface area contributed by atoms with Gasteiger partial charge in [0.25, 0.3) is 0 Å². The summed E-state index contributed by atoms with van der Waals surface area (Å²) in [6.45, 7) is 13.8. The number of rotatable bonds is 7. The van der Waals surface area contributed by atoms with Crippen LogP contribution in [0.4, 0.5) is 0 Å². The topological polar surface area (TPSA) is 94.9 Å². The Morgan fingerprint density at radius 2 is 1.61 bits per heavy atom. The van der Waals surface area contributed by atoms with Crippen LogP contribution in [0.25, 0.3) is 16.3 Å². The normalized spacial score (nSPS) is 11.6. The van der Waals surface area contributed by atoms with Gasteiger partial charge in [-0.15, -0.1) is 22.7 Å². The first-order valence-corrected chi connectivity index (χ1v) is 13.9. The van der Waals surface area contributed by atoms with E-state index in [0.717, 1.165) is 29.1 Å². The van der Waals surface area contributed by atoms with Crippen LogP contribution in [0.1, 0.15) is 63.1 Å². The van der Waals surface area contributed by atoms with Crippen molar-refractivity contribution in [1.82, 2.24) is 9.97 Å². The molecule has 1 atom stereocenters. The number of hydrogen-bond donors (Lipinski definition) is 2. The smallest absolute Gasteiger partial charge is 0.214 e. The summed E-state index contributed by atoms with van der Waals surface area (Å²) in [4.78, 5) is 22.6. The number of aryl methyl sites for hydroxylation is 2. The maximum Gasteiger partial charge on any atom is 0.214 e. The molecule has 0 saturated heterocycles. The maximum absolute atomic E-state index is 9.22. The molecule has 0 spiro atoms. The minimum Gasteiger partial charge on any atom is -0.398 e. The quantitative estimate of drug-likeness (QED) is 0.244. The first kappa shape index (κ1) is 33.0. The van der Waals surface area contributed by atoms with E-state index >= 15 is 0 Å². The fraction of sp³-hybridized carbons (Fsp3) is 0.345. The molecule has 0 aromatic carbocycles. The standard InChI is InChI=1S/C15H21NS.C10H10N2S.C2H5NO.C2H6/c1-4-7-12(3)8-6-9-14(16)15-11-10-13(5-2)17-15;1-2-8-3-4-10(13-8)9-7-11-5-6-12-9;1-2(3)4;1-2/h4,6-12H,5,16H2,1-3H3;3-7H,2H2,1H3;1H3,(H2,3,4);1-2H3/b7-4?,8-6-,14-9-;;;. The van der Waals surface area contributed by atoms with Gasteiger partial charge >= 0.3 is 0 Å². The lowest BCUT2D eigenvalue weighted by atomic mass is 10.1. The number of aromatic nitrogens is 2. The van der Waals surface area contributed by atoms with Gasteiger partial charge in [-0.25, -0.2) is 0 Å². The van der Waals surface area contributed by atoms with Crippen molar-refractivity contribution in [2.75, 3.05) is 0 Å². The van der Waals surface area contributed by atoms with Crippen LogP contribution in [0.3, 0.4) is 0 Å². The Kier molecular flexibility index (Phi) is 18.5. The average molecular weight is 527 g/mol. The van der Waals surface area contributed by atoms with E-state index in [9.17, 15) is 4.79 Å². The lowest BCUT2D eigenvalue weighted by Crippen LogP contribution is -2.01. The zero-order valence-electron chi connectivity index (χ0n) is 22.7. The molecule has 0 saturated carbocycles. The highest BCUT2D eigenvalue weighted by Gasteiger charge is 2.02. The number of nitrogens with zero attached hydrogens (tertiary/aromatic N) is 2. The van der Waals surface area contributed by atoms with Gasteiger partial charge in [0.05, 0.1) is 21.6 Å². The van der Waals surface area contributed by atoms with Gasteiger partial charge in [0.1, 0.15) is 0 Å². The molecular formula is C29H42N4OS2. The molecule has 7 heteroatoms. The van der Waals surface area contributed by atoms with Crippen LogP contribution in [0.2, 0.25) is 0 Å². The van der Waals surface area contributed by atoms with E-state index in [4.69, 9.17) is 5.73 Å². The van der Waals surface area contributed by atoms with E-state index in [1.807, 2.05) is 32.9 Å². The van der Waals surface area contributed by atoms with E-state index in [0.29, 0.717) is 5.92 Å². The average Bonchev–Trinajstić information content (AvgIpc) is 3.56. The molecule has 3 aromatic heterocycles. The predicted molar refractivity (Wildman–Crippen MR) is 160 cm³/mol. The van der Waals surface area contributed by atoms with Crippen molar-refractivity contribution < 1.29 is 4.79 Å². The van der Waals surface area contributed by atoms with Gasteiger partial charge in [-0.05, 0) is 56.0 Å². The summed E-state index contributed by atoms with van der Waals surface area (Å²) in [7, 11) is 0. The molecule has 0 aliphatic carbocycles. The number of amides is 1. The lowest BCUT2D eigenvalue weighted by Gasteiger charge is -1.96. The summed E-state index contributed by atoms with van der Waals surface area (Å²) >= 11 is 3.55. The molecule has 0 fully saturated rings. The van der Waals surface area contributed by atoms with E-state index in [2.05, 4.69) is 79.0 Å². The zero-order chi connectivity index (χ0) is 27.3. The van der Waals surface area contributed by atoms with Gasteiger partial charge in [-0.3, -0.25) is 14.8 Å². The van der Waals surface area contributed by atoms with Crippen LogP contribution in [-0.2, 0) is 17.6 Å². The zero-order valence-corrected chi connectivity index (χ0v) is 24.3. The van der Waals surface area contributed by atoms with Gasteiger partial charge < -0.3 is 11.5 Å². The van der Waals surface area contributed by atoms with E-state index in [1.54, 1.807) is 41.3 Å². The minimum atomic E-state index is -0.333. The molecule has 3 rings (SSSR count). The van der Waals surface area contributed by atoms with E-state index < -0.39 is 0 Å². The highest BCUT2D eigenvalue weighted by molar-refractivity contribution is 7.15. The van der Waals surface area contributed by atoms with Crippen LogP contribution in [-0.4, -0.2) is 15.9 Å². The highest BCUT2D eigenvalue weighted by atomic mass is 32.1. The molecule has 0 radical (unpaired) electrons. The number of hydrogen-bond acceptors (Lipinski definition) is 6. The first-order chi connectivity index (χ1) is 17.3. The molecule has 196 valence electrons. The molecule has 3 heterocycles. The molecule has 0 bridgehead atoms. The molecule has 1 unspecified atom stereocenters. The molecule has 1 amide bonds. The van der Waals surface area contributed by atoms with Crippen molar-refractivity contribution in [2.24, 2.45) is 17.4 Å². The largest absolute Gasteiger partial charge is 0.398 e. The molecule has 36 heavy (non-hydrogen) atoms. The number of carbonyl (C=O) groups is 1. The van der Waals surface area contributed by atoms with Gasteiger partial charge in [0.15, 0.2) is 0 Å². The van der Waals surface area contributed by atoms with Gasteiger partial charge in [0, 0.05) is 34.8 Å². The number of primary amides is 1. The van der Waals surface area contributed by atoms with Crippen LogP contribution >= 0.6 is 22.7 Å². The van der Waals surface area contributed by atoms with Crippen molar-refractivity contribution in [2.45, 2.75) is 61.3 Å². The Bertz CT molecular complexity index is 1060. The Morgan fingerprint density at radius 3 is 2.11 bits per heavy atom. The molecular weight excluding hydrogens is 484 g/mol. The van der Waals surface area contributed by atoms with E-state index in [-0.39, 0.29) is 5.91 Å². The maximum atomic E-state index is 9.22. The molecule has 3 aromatic rings. The summed E-state index contributed by atoms with van der Waals surface area (Å²) in [6, 6.07) is 8.49. The number of nitrogens with two attached hydrogens (primary N) is 2. The fourth-order valence-electron chi connectivity index (χ4n) is 2.64. The number of carbonyl (C=O) groups excluding carboxylic acids is 1. The SMILES string of the molecule is CC.CC(N)=O.CC=CC(C)/C=C\C=C(/N)c1ccc(CC)s1.CCc1ccc(-c2cnccn2)s1. The summed E-state index contributed by atoms with van der Waals surface area (Å²) in [5.74, 6) is 0.124. The first-order valence-electron chi connectivity index (χ1n) is 12.3. The van der Waals surface area contributed by atoms with Crippen LogP contribution in [0.5, 0.6) is 0 Å². The summed E-state index contributed by atoms with van der Waals surface area (Å²) in [6.07, 6.45) is 17.7. The predicted octanol–water partition coefficient (Wildman–Crippen LogP) is 7.66. The van der Waals surface area contributed by atoms with Gasteiger partial charge in [0.2, 0.25) is 5.91 Å². The second kappa shape index (κ2) is 20.2. The Balaban J connectivity index is 0.000000569. The molecule has 5 nitrogen and oxygen atoms in total. The third-order valence-corrected chi connectivity index (χ3v) is 6.84. The van der Waals surface area contributed by atoms with E-state index in [1.165, 1.54) is 21.6 Å². The summed E-state index contributed by atoms with van der Waals surface area (Å²) in [5, 5.41) is 0. The summed E-state index contributed by atoms with van der Waals surface area (Å²) < 4.78 is 0. The van der Waals surface area contributed by atoms with Crippen LogP contribution in [0.15, 0.2) is 73.2 Å². The van der Waals surface area contributed by atoms with Crippen molar-refractivity contribution >= 4 is 34.3 Å². The summed E-state index contributed by atoms with van der Waals surface area (Å²) in [5.41, 5.74) is 12.3. The monoisotopic (exact) mass is 526 g/mol. The van der Waals surface area contributed by atoms with Crippen molar-refractivity contribution in [3.63, 3.8) is 0 Å². The Labute approximate surface area is 225 Å². The molecule has 4 N–H and O–H groups in total. The number of thiophene rings is 2. The van der Waals surface area contributed by atoms with Crippen LogP contribution in [0, 0.1) is 5.92 Å². The minimum absolute atomic E-state index is 0.333. The van der Waals surface area contributed by atoms with Crippen molar-refractivity contribution in [3.05, 3.63) is 87.9 Å². The van der Waals surface area contributed by atoms with Gasteiger partial charge in [-0.1, -0.05) is 58.9 Å². The second-order valence-electron chi connectivity index (χ2n) is 7.33.